The molecule has 0 bridgehead atoms. The van der Waals surface area contributed by atoms with E-state index < -0.39 is 0 Å². The SMILES string of the molecule is CC[C@H](N)c1ccccc1N1CCOCC1C. The van der Waals surface area contributed by atoms with Crippen molar-refractivity contribution in [1.82, 2.24) is 0 Å². The zero-order valence-electron chi connectivity index (χ0n) is 10.7. The van der Waals surface area contributed by atoms with E-state index in [1.165, 1.54) is 11.3 Å². The molecule has 1 unspecified atom stereocenters. The molecule has 3 nitrogen and oxygen atoms in total. The largest absolute Gasteiger partial charge is 0.377 e. The summed E-state index contributed by atoms with van der Waals surface area (Å²) >= 11 is 0. The highest BCUT2D eigenvalue weighted by molar-refractivity contribution is 5.56. The van der Waals surface area contributed by atoms with E-state index in [1.807, 2.05) is 0 Å². The van der Waals surface area contributed by atoms with Crippen LogP contribution in [0.2, 0.25) is 0 Å². The van der Waals surface area contributed by atoms with Crippen molar-refractivity contribution < 1.29 is 4.74 Å². The van der Waals surface area contributed by atoms with E-state index in [1.54, 1.807) is 0 Å². The summed E-state index contributed by atoms with van der Waals surface area (Å²) < 4.78 is 5.49. The van der Waals surface area contributed by atoms with Crippen LogP contribution < -0.4 is 10.6 Å². The zero-order valence-corrected chi connectivity index (χ0v) is 10.7. The highest BCUT2D eigenvalue weighted by atomic mass is 16.5. The number of hydrogen-bond acceptors (Lipinski definition) is 3. The second-order valence-corrected chi connectivity index (χ2v) is 4.69. The summed E-state index contributed by atoms with van der Waals surface area (Å²) in [7, 11) is 0. The molecule has 1 aromatic rings. The van der Waals surface area contributed by atoms with Crippen LogP contribution in [0, 0.1) is 0 Å². The Morgan fingerprint density at radius 3 is 2.94 bits per heavy atom. The first-order chi connectivity index (χ1) is 8.24. The Morgan fingerprint density at radius 2 is 2.24 bits per heavy atom. The molecule has 1 saturated heterocycles. The fourth-order valence-electron chi connectivity index (χ4n) is 2.37. The lowest BCUT2D eigenvalue weighted by molar-refractivity contribution is 0.0988. The van der Waals surface area contributed by atoms with Gasteiger partial charge in [0.15, 0.2) is 0 Å². The number of hydrogen-bond donors (Lipinski definition) is 1. The topological polar surface area (TPSA) is 38.5 Å². The van der Waals surface area contributed by atoms with Crippen LogP contribution >= 0.6 is 0 Å². The van der Waals surface area contributed by atoms with E-state index in [0.29, 0.717) is 6.04 Å². The summed E-state index contributed by atoms with van der Waals surface area (Å²) in [6.07, 6.45) is 0.968. The number of morpholine rings is 1. The van der Waals surface area contributed by atoms with Gasteiger partial charge in [-0.1, -0.05) is 25.1 Å². The Labute approximate surface area is 104 Å². The first kappa shape index (κ1) is 12.4. The number of nitrogens with zero attached hydrogens (tertiary/aromatic N) is 1. The van der Waals surface area contributed by atoms with Crippen molar-refractivity contribution in [2.45, 2.75) is 32.4 Å². The molecule has 1 heterocycles. The van der Waals surface area contributed by atoms with Gasteiger partial charge in [0.1, 0.15) is 0 Å². The lowest BCUT2D eigenvalue weighted by Gasteiger charge is -2.37. The van der Waals surface area contributed by atoms with Crippen molar-refractivity contribution >= 4 is 5.69 Å². The maximum absolute atomic E-state index is 6.19. The van der Waals surface area contributed by atoms with E-state index in [-0.39, 0.29) is 6.04 Å². The highest BCUT2D eigenvalue weighted by Crippen LogP contribution is 2.29. The van der Waals surface area contributed by atoms with Gasteiger partial charge < -0.3 is 15.4 Å². The minimum Gasteiger partial charge on any atom is -0.377 e. The summed E-state index contributed by atoms with van der Waals surface area (Å²) in [4.78, 5) is 2.41. The van der Waals surface area contributed by atoms with Crippen LogP contribution in [0.4, 0.5) is 5.69 Å². The molecule has 1 aliphatic rings. The van der Waals surface area contributed by atoms with Crippen molar-refractivity contribution in [3.63, 3.8) is 0 Å². The van der Waals surface area contributed by atoms with Gasteiger partial charge in [-0.3, -0.25) is 0 Å². The Balaban J connectivity index is 2.30. The molecule has 2 N–H and O–H groups in total. The molecule has 2 atom stereocenters. The van der Waals surface area contributed by atoms with Crippen molar-refractivity contribution in [2.75, 3.05) is 24.7 Å². The average molecular weight is 234 g/mol. The second kappa shape index (κ2) is 5.52. The third-order valence-corrected chi connectivity index (χ3v) is 3.45. The average Bonchev–Trinajstić information content (AvgIpc) is 2.38. The Morgan fingerprint density at radius 1 is 1.47 bits per heavy atom. The molecule has 0 saturated carbocycles. The van der Waals surface area contributed by atoms with Crippen molar-refractivity contribution in [3.8, 4) is 0 Å². The Bertz CT molecular complexity index is 367. The van der Waals surface area contributed by atoms with Gasteiger partial charge in [0.05, 0.1) is 13.2 Å². The predicted molar refractivity (Wildman–Crippen MR) is 71.3 cm³/mol. The number of benzene rings is 1. The van der Waals surface area contributed by atoms with Crippen LogP contribution in [0.15, 0.2) is 24.3 Å². The summed E-state index contributed by atoms with van der Waals surface area (Å²) in [5, 5.41) is 0. The monoisotopic (exact) mass is 234 g/mol. The smallest absolute Gasteiger partial charge is 0.0668 e. The lowest BCUT2D eigenvalue weighted by Crippen LogP contribution is -2.44. The van der Waals surface area contributed by atoms with Gasteiger partial charge in [-0.25, -0.2) is 0 Å². The molecule has 0 amide bonds. The van der Waals surface area contributed by atoms with Gasteiger partial charge in [0.25, 0.3) is 0 Å². The fourth-order valence-corrected chi connectivity index (χ4v) is 2.37. The van der Waals surface area contributed by atoms with E-state index in [4.69, 9.17) is 10.5 Å². The van der Waals surface area contributed by atoms with E-state index in [2.05, 4.69) is 43.0 Å². The van der Waals surface area contributed by atoms with E-state index in [0.717, 1.165) is 26.2 Å². The molecule has 94 valence electrons. The number of ether oxygens (including phenoxy) is 1. The maximum Gasteiger partial charge on any atom is 0.0668 e. The number of nitrogens with two attached hydrogens (primary N) is 1. The lowest BCUT2D eigenvalue weighted by atomic mass is 10.0. The van der Waals surface area contributed by atoms with Crippen LogP contribution in [0.1, 0.15) is 31.9 Å². The summed E-state index contributed by atoms with van der Waals surface area (Å²) in [5.74, 6) is 0. The molecule has 0 aromatic heterocycles. The number of anilines is 1. The maximum atomic E-state index is 6.19. The molecule has 17 heavy (non-hydrogen) atoms. The predicted octanol–water partition coefficient (Wildman–Crippen LogP) is 2.32. The molecule has 0 aliphatic carbocycles. The molecular formula is C14H22N2O. The minimum atomic E-state index is 0.126. The summed E-state index contributed by atoms with van der Waals surface area (Å²) in [6, 6.07) is 9.02. The van der Waals surface area contributed by atoms with Crippen LogP contribution in [0.5, 0.6) is 0 Å². The van der Waals surface area contributed by atoms with Gasteiger partial charge in [-0.05, 0) is 25.0 Å². The van der Waals surface area contributed by atoms with Crippen molar-refractivity contribution in [3.05, 3.63) is 29.8 Å². The van der Waals surface area contributed by atoms with Crippen LogP contribution in [0.3, 0.4) is 0 Å². The van der Waals surface area contributed by atoms with Crippen molar-refractivity contribution in [1.29, 1.82) is 0 Å². The second-order valence-electron chi connectivity index (χ2n) is 4.69. The summed E-state index contributed by atoms with van der Waals surface area (Å²) in [5.41, 5.74) is 8.72. The minimum absolute atomic E-state index is 0.126. The van der Waals surface area contributed by atoms with Gasteiger partial charge in [-0.15, -0.1) is 0 Å². The molecule has 3 heteroatoms. The standard InChI is InChI=1S/C14H22N2O/c1-3-13(15)12-6-4-5-7-14(12)16-8-9-17-10-11(16)2/h4-7,11,13H,3,8-10,15H2,1-2H3/t11?,13-/m0/s1. The Kier molecular flexibility index (Phi) is 4.02. The number of rotatable bonds is 3. The summed E-state index contributed by atoms with van der Waals surface area (Å²) in [6.45, 7) is 6.89. The fraction of sp³-hybridized carbons (Fsp3) is 0.571. The normalized spacial score (nSPS) is 22.5. The van der Waals surface area contributed by atoms with Gasteiger partial charge >= 0.3 is 0 Å². The van der Waals surface area contributed by atoms with Gasteiger partial charge in [0, 0.05) is 24.3 Å². The highest BCUT2D eigenvalue weighted by Gasteiger charge is 2.22. The molecule has 1 fully saturated rings. The molecule has 0 spiro atoms. The van der Waals surface area contributed by atoms with Crippen LogP contribution in [-0.4, -0.2) is 25.8 Å². The molecule has 1 aromatic carbocycles. The quantitative estimate of drug-likeness (QED) is 0.872. The molecule has 1 aliphatic heterocycles. The Hall–Kier alpha value is -1.06. The molecule has 0 radical (unpaired) electrons. The van der Waals surface area contributed by atoms with Crippen LogP contribution in [0.25, 0.3) is 0 Å². The van der Waals surface area contributed by atoms with Gasteiger partial charge in [0.2, 0.25) is 0 Å². The molecule has 2 rings (SSSR count). The van der Waals surface area contributed by atoms with E-state index in [9.17, 15) is 0 Å². The first-order valence-corrected chi connectivity index (χ1v) is 6.43. The van der Waals surface area contributed by atoms with Crippen molar-refractivity contribution in [2.24, 2.45) is 5.73 Å². The molecular weight excluding hydrogens is 212 g/mol. The zero-order chi connectivity index (χ0) is 12.3. The van der Waals surface area contributed by atoms with Gasteiger partial charge in [-0.2, -0.15) is 0 Å². The number of para-hydroxylation sites is 1. The van der Waals surface area contributed by atoms with Crippen LogP contribution in [-0.2, 0) is 4.74 Å². The third kappa shape index (κ3) is 2.61. The third-order valence-electron chi connectivity index (χ3n) is 3.45. The van der Waals surface area contributed by atoms with E-state index >= 15 is 0 Å². The first-order valence-electron chi connectivity index (χ1n) is 6.43.